The Morgan fingerprint density at radius 3 is 2.61 bits per heavy atom. The summed E-state index contributed by atoms with van der Waals surface area (Å²) in [5, 5.41) is 0. The molecular formula is C11H8Br2IN3O. The number of nitrogens with zero attached hydrogens (tertiary/aromatic N) is 2. The average molecular weight is 485 g/mol. The van der Waals surface area contributed by atoms with Gasteiger partial charge in [0.25, 0.3) is 0 Å². The molecule has 0 unspecified atom stereocenters. The summed E-state index contributed by atoms with van der Waals surface area (Å²) in [7, 11) is 0. The fourth-order valence-electron chi connectivity index (χ4n) is 1.68. The van der Waals surface area contributed by atoms with Gasteiger partial charge in [0.05, 0.1) is 13.7 Å². The highest BCUT2D eigenvalue weighted by atomic mass is 127. The van der Waals surface area contributed by atoms with Crippen LogP contribution >= 0.6 is 54.5 Å². The summed E-state index contributed by atoms with van der Waals surface area (Å²) in [5.74, 6) is 2.20. The van der Waals surface area contributed by atoms with E-state index >= 15 is 0 Å². The van der Waals surface area contributed by atoms with Crippen LogP contribution in [0.15, 0.2) is 19.6 Å². The summed E-state index contributed by atoms with van der Waals surface area (Å²) in [6.45, 7) is 0. The van der Waals surface area contributed by atoms with Gasteiger partial charge in [-0.15, -0.1) is 0 Å². The van der Waals surface area contributed by atoms with E-state index in [1.54, 1.807) is 0 Å². The lowest BCUT2D eigenvalue weighted by Gasteiger charge is -2.06. The molecule has 2 N–H and O–H groups in total. The number of nitrogens with two attached hydrogens (primary N) is 1. The van der Waals surface area contributed by atoms with Crippen LogP contribution in [0.25, 0.3) is 11.6 Å². The Morgan fingerprint density at radius 1 is 1.33 bits per heavy atom. The first-order valence-electron chi connectivity index (χ1n) is 5.34. The first-order valence-corrected chi connectivity index (χ1v) is 8.01. The van der Waals surface area contributed by atoms with Crippen LogP contribution in [0.4, 0.5) is 5.82 Å². The van der Waals surface area contributed by atoms with E-state index in [2.05, 4.69) is 64.4 Å². The number of halogens is 3. The molecule has 1 aliphatic rings. The number of hydrogen-bond donors (Lipinski definition) is 1. The van der Waals surface area contributed by atoms with Crippen LogP contribution in [0.2, 0.25) is 0 Å². The van der Waals surface area contributed by atoms with Gasteiger partial charge in [-0.1, -0.05) is 0 Å². The molecule has 0 aliphatic heterocycles. The van der Waals surface area contributed by atoms with Crippen molar-refractivity contribution < 1.29 is 4.42 Å². The number of hydrogen-bond acceptors (Lipinski definition) is 4. The van der Waals surface area contributed by atoms with Crippen molar-refractivity contribution in [3.63, 3.8) is 0 Å². The van der Waals surface area contributed by atoms with Crippen LogP contribution in [0, 0.1) is 3.57 Å². The zero-order chi connectivity index (χ0) is 12.9. The van der Waals surface area contributed by atoms with E-state index in [0.29, 0.717) is 28.0 Å². The van der Waals surface area contributed by atoms with Gasteiger partial charge in [0.2, 0.25) is 0 Å². The van der Waals surface area contributed by atoms with Crippen molar-refractivity contribution in [1.82, 2.24) is 9.97 Å². The van der Waals surface area contributed by atoms with E-state index in [-0.39, 0.29) is 0 Å². The molecule has 1 fully saturated rings. The normalized spacial score (nSPS) is 15.1. The van der Waals surface area contributed by atoms with Gasteiger partial charge in [0.1, 0.15) is 5.82 Å². The number of anilines is 1. The van der Waals surface area contributed by atoms with Gasteiger partial charge in [-0.05, 0) is 67.3 Å². The van der Waals surface area contributed by atoms with Gasteiger partial charge in [0.15, 0.2) is 16.3 Å². The van der Waals surface area contributed by atoms with E-state index in [9.17, 15) is 0 Å². The monoisotopic (exact) mass is 483 g/mol. The number of aromatic nitrogens is 2. The Labute approximate surface area is 134 Å². The second-order valence-corrected chi connectivity index (χ2v) is 6.79. The Bertz CT molecular complexity index is 605. The third-order valence-electron chi connectivity index (χ3n) is 2.73. The van der Waals surface area contributed by atoms with Crippen molar-refractivity contribution in [2.45, 2.75) is 18.8 Å². The third-order valence-corrected chi connectivity index (χ3v) is 5.55. The number of nitrogen functional groups attached to an aromatic ring is 1. The van der Waals surface area contributed by atoms with Crippen molar-refractivity contribution in [2.24, 2.45) is 0 Å². The standard InChI is InChI=1S/C11H8Br2IN3O/c12-5-3-6(18-9(5)13)11-16-8(4-1-2-4)7(14)10(15)17-11/h3-4H,1-2H2,(H2,15,16,17). The SMILES string of the molecule is Nc1nc(-c2cc(Br)c(Br)o2)nc(C2CC2)c1I. The van der Waals surface area contributed by atoms with Gasteiger partial charge in [-0.3, -0.25) is 0 Å². The Kier molecular flexibility index (Phi) is 3.39. The highest BCUT2D eigenvalue weighted by molar-refractivity contribution is 14.1. The zero-order valence-corrected chi connectivity index (χ0v) is 14.4. The minimum absolute atomic E-state index is 0.520. The van der Waals surface area contributed by atoms with Gasteiger partial charge in [-0.25, -0.2) is 9.97 Å². The maximum absolute atomic E-state index is 5.95. The minimum Gasteiger partial charge on any atom is -0.445 e. The molecule has 1 saturated carbocycles. The van der Waals surface area contributed by atoms with E-state index in [1.165, 1.54) is 12.8 Å². The van der Waals surface area contributed by atoms with Gasteiger partial charge in [-0.2, -0.15) is 0 Å². The molecule has 0 amide bonds. The fraction of sp³-hybridized carbons (Fsp3) is 0.273. The lowest BCUT2D eigenvalue weighted by Crippen LogP contribution is -2.03. The first kappa shape index (κ1) is 12.9. The predicted molar refractivity (Wildman–Crippen MR) is 84.2 cm³/mol. The van der Waals surface area contributed by atoms with Crippen LogP contribution in [0.3, 0.4) is 0 Å². The summed E-state index contributed by atoms with van der Waals surface area (Å²) in [6.07, 6.45) is 2.36. The van der Waals surface area contributed by atoms with E-state index in [1.807, 2.05) is 6.07 Å². The Balaban J connectivity index is 2.12. The highest BCUT2D eigenvalue weighted by Crippen LogP contribution is 2.43. The molecule has 94 valence electrons. The van der Waals surface area contributed by atoms with E-state index in [0.717, 1.165) is 13.7 Å². The molecule has 4 nitrogen and oxygen atoms in total. The molecule has 0 aromatic carbocycles. The Morgan fingerprint density at radius 2 is 2.06 bits per heavy atom. The first-order chi connectivity index (χ1) is 8.56. The third kappa shape index (κ3) is 2.32. The van der Waals surface area contributed by atoms with Crippen LogP contribution < -0.4 is 5.73 Å². The van der Waals surface area contributed by atoms with Crippen molar-refractivity contribution >= 4 is 60.3 Å². The Hall–Kier alpha value is -0.150. The second-order valence-electron chi connectivity index (χ2n) is 4.14. The van der Waals surface area contributed by atoms with Gasteiger partial charge in [0, 0.05) is 12.0 Å². The summed E-state index contributed by atoms with van der Waals surface area (Å²) in [5.41, 5.74) is 6.99. The maximum Gasteiger partial charge on any atom is 0.198 e. The zero-order valence-electron chi connectivity index (χ0n) is 9.08. The molecule has 3 rings (SSSR count). The number of furan rings is 1. The summed E-state index contributed by atoms with van der Waals surface area (Å²) in [4.78, 5) is 8.88. The molecule has 0 saturated heterocycles. The molecule has 0 bridgehead atoms. The van der Waals surface area contributed by atoms with E-state index in [4.69, 9.17) is 10.2 Å². The number of rotatable bonds is 2. The smallest absolute Gasteiger partial charge is 0.198 e. The molecular weight excluding hydrogens is 477 g/mol. The van der Waals surface area contributed by atoms with Crippen molar-refractivity contribution in [2.75, 3.05) is 5.73 Å². The molecule has 2 aromatic rings. The fourth-order valence-corrected chi connectivity index (χ4v) is 2.94. The predicted octanol–water partition coefficient (Wildman–Crippen LogP) is 4.33. The van der Waals surface area contributed by atoms with Crippen LogP contribution in [-0.4, -0.2) is 9.97 Å². The summed E-state index contributed by atoms with van der Waals surface area (Å²) < 4.78 is 7.97. The van der Waals surface area contributed by atoms with Crippen molar-refractivity contribution in [3.05, 3.63) is 24.5 Å². The maximum atomic E-state index is 5.95. The largest absolute Gasteiger partial charge is 0.445 e. The molecule has 18 heavy (non-hydrogen) atoms. The molecule has 2 heterocycles. The molecule has 0 spiro atoms. The molecule has 1 aliphatic carbocycles. The quantitative estimate of drug-likeness (QED) is 0.645. The summed E-state index contributed by atoms with van der Waals surface area (Å²) >= 11 is 8.89. The molecule has 0 radical (unpaired) electrons. The van der Waals surface area contributed by atoms with Crippen molar-refractivity contribution in [1.29, 1.82) is 0 Å². The van der Waals surface area contributed by atoms with Gasteiger partial charge < -0.3 is 10.2 Å². The molecule has 2 aromatic heterocycles. The molecule has 7 heteroatoms. The lowest BCUT2D eigenvalue weighted by atomic mass is 10.2. The van der Waals surface area contributed by atoms with Crippen LogP contribution in [0.5, 0.6) is 0 Å². The minimum atomic E-state index is 0.520. The van der Waals surface area contributed by atoms with Crippen molar-refractivity contribution in [3.8, 4) is 11.6 Å². The topological polar surface area (TPSA) is 64.9 Å². The lowest BCUT2D eigenvalue weighted by molar-refractivity contribution is 0.549. The van der Waals surface area contributed by atoms with Gasteiger partial charge >= 0.3 is 0 Å². The second kappa shape index (κ2) is 4.75. The summed E-state index contributed by atoms with van der Waals surface area (Å²) in [6, 6.07) is 1.84. The van der Waals surface area contributed by atoms with Crippen LogP contribution in [0.1, 0.15) is 24.5 Å². The van der Waals surface area contributed by atoms with E-state index < -0.39 is 0 Å². The average Bonchev–Trinajstić information content (AvgIpc) is 3.10. The highest BCUT2D eigenvalue weighted by Gasteiger charge is 2.29. The van der Waals surface area contributed by atoms with Crippen LogP contribution in [-0.2, 0) is 0 Å². The molecule has 0 atom stereocenters.